The number of nitriles is 1. The van der Waals surface area contributed by atoms with Gasteiger partial charge in [-0.25, -0.2) is 14.7 Å². The normalized spacial score (nSPS) is 17.4. The molecule has 17 nitrogen and oxygen atoms in total. The quantitative estimate of drug-likeness (QED) is 0.0688. The van der Waals surface area contributed by atoms with E-state index in [1.165, 1.54) is 29.7 Å². The van der Waals surface area contributed by atoms with Crippen LogP contribution in [0, 0.1) is 23.7 Å². The lowest BCUT2D eigenvalue weighted by atomic mass is 9.85. The first-order valence-electron chi connectivity index (χ1n) is 22.4. The van der Waals surface area contributed by atoms with Crippen molar-refractivity contribution in [2.75, 3.05) is 62.6 Å². The molecule has 3 aromatic carbocycles. The third-order valence-electron chi connectivity index (χ3n) is 11.6. The molecule has 2 saturated heterocycles. The minimum atomic E-state index is -4.88. The summed E-state index contributed by atoms with van der Waals surface area (Å²) in [6.45, 7) is 11.1. The summed E-state index contributed by atoms with van der Waals surface area (Å²) in [6.07, 6.45) is -5.72. The number of rotatable bonds is 20. The molecule has 21 heteroatoms. The predicted octanol–water partition coefficient (Wildman–Crippen LogP) is 6.00. The molecule has 374 valence electrons. The van der Waals surface area contributed by atoms with Crippen molar-refractivity contribution < 1.29 is 61.2 Å². The average molecular weight is 992 g/mol. The summed E-state index contributed by atoms with van der Waals surface area (Å²) in [4.78, 5) is 75.7. The molecule has 0 radical (unpaired) electrons. The Kier molecular flexibility index (Phi) is 17.0. The van der Waals surface area contributed by atoms with E-state index in [1.54, 1.807) is 61.9 Å². The Morgan fingerprint density at radius 3 is 2.16 bits per heavy atom. The van der Waals surface area contributed by atoms with Crippen LogP contribution < -0.4 is 25.2 Å². The molecule has 3 heterocycles. The zero-order valence-corrected chi connectivity index (χ0v) is 40.4. The van der Waals surface area contributed by atoms with Gasteiger partial charge < -0.3 is 39.6 Å². The first-order chi connectivity index (χ1) is 33.1. The van der Waals surface area contributed by atoms with E-state index in [2.05, 4.69) is 15.6 Å². The van der Waals surface area contributed by atoms with Crippen molar-refractivity contribution in [3.05, 3.63) is 94.6 Å². The number of aliphatic hydroxyl groups is 1. The lowest BCUT2D eigenvalue weighted by Gasteiger charge is -2.35. The summed E-state index contributed by atoms with van der Waals surface area (Å²) < 4.78 is 63.2. The van der Waals surface area contributed by atoms with Gasteiger partial charge in [-0.15, -0.1) is 11.3 Å². The molecular formula is C49H56F3N7O10S. The fraction of sp³-hybridized carbons (Fsp3) is 0.449. The maximum atomic E-state index is 13.9. The molecule has 3 atom stereocenters. The van der Waals surface area contributed by atoms with Gasteiger partial charge in [0.15, 0.2) is 0 Å². The van der Waals surface area contributed by atoms with Gasteiger partial charge in [0.1, 0.15) is 36.6 Å². The molecule has 2 fully saturated rings. The Morgan fingerprint density at radius 2 is 1.56 bits per heavy atom. The summed E-state index contributed by atoms with van der Waals surface area (Å²) in [6, 6.07) is 15.4. The number of hydrogen-bond acceptors (Lipinski definition) is 13. The number of carbonyl (C=O) groups excluding carboxylic acids is 5. The SMILES string of the molecule is Cc1ncsc1-c1ccc(CNC(=O)[C@@H]2CC(O)CN2C(=O)[C@@H](NC(=O)COCCOCCOCCOc2ccc(N3C(=O)N(c4ccc(C#N)c(C(F)(F)F)c4)C(=O)C3(C)C)cc2)C(C)(C)C)cc1. The fourth-order valence-corrected chi connectivity index (χ4v) is 8.77. The van der Waals surface area contributed by atoms with Gasteiger partial charge in [-0.1, -0.05) is 45.0 Å². The molecule has 0 bridgehead atoms. The summed E-state index contributed by atoms with van der Waals surface area (Å²) in [7, 11) is 0. The van der Waals surface area contributed by atoms with Crippen LogP contribution in [-0.2, 0) is 46.1 Å². The van der Waals surface area contributed by atoms with Crippen LogP contribution in [0.15, 0.2) is 72.2 Å². The molecule has 70 heavy (non-hydrogen) atoms. The number of benzene rings is 3. The number of aryl methyl sites for hydroxylation is 1. The molecule has 2 aliphatic heterocycles. The summed E-state index contributed by atoms with van der Waals surface area (Å²) in [5, 5.41) is 25.3. The molecule has 3 N–H and O–H groups in total. The van der Waals surface area contributed by atoms with Gasteiger partial charge >= 0.3 is 12.2 Å². The van der Waals surface area contributed by atoms with E-state index >= 15 is 0 Å². The number of thiazole rings is 1. The molecular weight excluding hydrogens is 936 g/mol. The van der Waals surface area contributed by atoms with E-state index in [4.69, 9.17) is 24.2 Å². The van der Waals surface area contributed by atoms with Crippen molar-refractivity contribution in [1.29, 1.82) is 5.26 Å². The molecule has 0 aliphatic carbocycles. The fourth-order valence-electron chi connectivity index (χ4n) is 7.96. The topological polar surface area (TPSA) is 213 Å². The van der Waals surface area contributed by atoms with Gasteiger partial charge in [0.2, 0.25) is 17.7 Å². The second-order valence-corrected chi connectivity index (χ2v) is 19.1. The lowest BCUT2D eigenvalue weighted by Crippen LogP contribution is -2.58. The predicted molar refractivity (Wildman–Crippen MR) is 252 cm³/mol. The Bertz CT molecular complexity index is 2560. The monoisotopic (exact) mass is 991 g/mol. The number of imide groups is 1. The van der Waals surface area contributed by atoms with E-state index < -0.39 is 76.1 Å². The molecule has 0 saturated carbocycles. The first-order valence-corrected chi connectivity index (χ1v) is 23.3. The summed E-state index contributed by atoms with van der Waals surface area (Å²) in [5.74, 6) is -1.75. The number of halogens is 3. The molecule has 2 aliphatic rings. The maximum absolute atomic E-state index is 13.9. The zero-order chi connectivity index (χ0) is 51.0. The van der Waals surface area contributed by atoms with Gasteiger partial charge in [-0.2, -0.15) is 18.4 Å². The van der Waals surface area contributed by atoms with Crippen molar-refractivity contribution in [3.8, 4) is 22.3 Å². The van der Waals surface area contributed by atoms with Gasteiger partial charge in [0.25, 0.3) is 5.91 Å². The minimum absolute atomic E-state index is 0.0534. The Hall–Kier alpha value is -6.44. The third-order valence-corrected chi connectivity index (χ3v) is 12.6. The van der Waals surface area contributed by atoms with Crippen LogP contribution >= 0.6 is 11.3 Å². The molecule has 6 rings (SSSR count). The Morgan fingerprint density at radius 1 is 0.929 bits per heavy atom. The number of nitrogens with one attached hydrogen (secondary N) is 2. The van der Waals surface area contributed by atoms with Crippen molar-refractivity contribution in [2.45, 2.75) is 84.4 Å². The van der Waals surface area contributed by atoms with E-state index in [1.807, 2.05) is 31.2 Å². The molecule has 6 amide bonds. The number of aromatic nitrogens is 1. The van der Waals surface area contributed by atoms with Crippen LogP contribution in [0.1, 0.15) is 63.4 Å². The first kappa shape index (κ1) is 52.9. The van der Waals surface area contributed by atoms with E-state index in [9.17, 15) is 42.3 Å². The number of β-amino-alcohol motifs (C(OH)–C–C–N with tert-alkyl or cyclic N) is 1. The number of urea groups is 1. The Balaban J connectivity index is 0.867. The van der Waals surface area contributed by atoms with Gasteiger partial charge in [-0.3, -0.25) is 24.1 Å². The van der Waals surface area contributed by atoms with Crippen LogP contribution in [0.5, 0.6) is 5.75 Å². The summed E-state index contributed by atoms with van der Waals surface area (Å²) >= 11 is 1.55. The molecule has 1 aromatic heterocycles. The van der Waals surface area contributed by atoms with Gasteiger partial charge in [-0.05, 0) is 79.8 Å². The summed E-state index contributed by atoms with van der Waals surface area (Å²) in [5.41, 5.74) is 0.534. The minimum Gasteiger partial charge on any atom is -0.491 e. The number of nitrogens with zero attached hydrogens (tertiary/aromatic N) is 5. The van der Waals surface area contributed by atoms with Crippen LogP contribution in [0.3, 0.4) is 0 Å². The second-order valence-electron chi connectivity index (χ2n) is 18.2. The average Bonchev–Trinajstić information content (AvgIpc) is 3.98. The molecule has 1 unspecified atom stereocenters. The van der Waals surface area contributed by atoms with Crippen LogP contribution in [0.2, 0.25) is 0 Å². The van der Waals surface area contributed by atoms with E-state index in [-0.39, 0.29) is 71.4 Å². The molecule has 4 aromatic rings. The second kappa shape index (κ2) is 22.5. The molecule has 0 spiro atoms. The maximum Gasteiger partial charge on any atom is 0.417 e. The number of carbonyl (C=O) groups is 5. The number of anilines is 2. The standard InChI is InChI=1S/C49H56F3N7O10S/c1-30-41(70-29-55-30)32-9-7-31(8-10-32)26-54-43(62)39-24-36(60)27-57(39)44(63)42(47(2,3)4)56-40(61)28-68-20-19-66-17-18-67-21-22-69-37-15-13-34(14-16-37)59-46(65)58(45(64)48(59,5)6)35-12-11-33(25-53)38(23-35)49(50,51)52/h7-16,23,29,36,39,42,60H,17-22,24,26-28H2,1-6H3,(H,54,62)(H,56,61)/t36?,39-,42+/m0/s1. The highest BCUT2D eigenvalue weighted by atomic mass is 32.1. The highest BCUT2D eigenvalue weighted by molar-refractivity contribution is 7.13. The van der Waals surface area contributed by atoms with E-state index in [0.717, 1.165) is 33.8 Å². The number of amides is 6. The van der Waals surface area contributed by atoms with Crippen LogP contribution in [-0.4, -0.2) is 121 Å². The smallest absolute Gasteiger partial charge is 0.417 e. The zero-order valence-electron chi connectivity index (χ0n) is 39.6. The van der Waals surface area contributed by atoms with Crippen LogP contribution in [0.4, 0.5) is 29.3 Å². The van der Waals surface area contributed by atoms with Crippen molar-refractivity contribution in [3.63, 3.8) is 0 Å². The number of aliphatic hydroxyl groups excluding tert-OH is 1. The largest absolute Gasteiger partial charge is 0.491 e. The number of hydrogen-bond donors (Lipinski definition) is 3. The van der Waals surface area contributed by atoms with Crippen LogP contribution in [0.25, 0.3) is 10.4 Å². The van der Waals surface area contributed by atoms with Crippen molar-refractivity contribution in [1.82, 2.24) is 20.5 Å². The van der Waals surface area contributed by atoms with E-state index in [0.29, 0.717) is 22.4 Å². The number of alkyl halides is 3. The van der Waals surface area contributed by atoms with Gasteiger partial charge in [0, 0.05) is 25.2 Å². The van der Waals surface area contributed by atoms with Crippen molar-refractivity contribution in [2.24, 2.45) is 5.41 Å². The highest BCUT2D eigenvalue weighted by Gasteiger charge is 2.53. The highest BCUT2D eigenvalue weighted by Crippen LogP contribution is 2.40. The number of likely N-dealkylation sites (tertiary alicyclic amines) is 1. The van der Waals surface area contributed by atoms with Crippen molar-refractivity contribution >= 4 is 52.4 Å². The Labute approximate surface area is 407 Å². The third kappa shape index (κ3) is 12.7. The number of ether oxygens (including phenoxy) is 4. The van der Waals surface area contributed by atoms with Gasteiger partial charge in [0.05, 0.1) is 78.1 Å². The lowest BCUT2D eigenvalue weighted by molar-refractivity contribution is -0.144.